The van der Waals surface area contributed by atoms with Crippen molar-refractivity contribution in [1.29, 1.82) is 0 Å². The molecule has 1 fully saturated rings. The molecule has 6 heteroatoms. The van der Waals surface area contributed by atoms with Gasteiger partial charge in [0.1, 0.15) is 12.2 Å². The van der Waals surface area contributed by atoms with Gasteiger partial charge >= 0.3 is 0 Å². The van der Waals surface area contributed by atoms with E-state index in [0.29, 0.717) is 6.61 Å². The summed E-state index contributed by atoms with van der Waals surface area (Å²) in [5, 5.41) is 40.4. The average molecular weight is 305 g/mol. The van der Waals surface area contributed by atoms with Crippen LogP contribution in [0.15, 0.2) is 0 Å². The highest BCUT2D eigenvalue weighted by atomic mass is 16.5. The van der Waals surface area contributed by atoms with Crippen LogP contribution in [-0.4, -0.2) is 71.1 Å². The number of nitrogens with one attached hydrogen (secondary N) is 1. The number of hydrogen-bond donors (Lipinski definition) is 5. The number of aliphatic hydroxyl groups excluding tert-OH is 4. The Hall–Kier alpha value is -0.240. The minimum Gasteiger partial charge on any atom is -0.396 e. The second kappa shape index (κ2) is 11.3. The smallest absolute Gasteiger partial charge is 0.109 e. The first-order valence-electron chi connectivity index (χ1n) is 8.13. The third kappa shape index (κ3) is 7.04. The number of piperidine rings is 1. The zero-order valence-electron chi connectivity index (χ0n) is 12.8. The zero-order valence-corrected chi connectivity index (χ0v) is 12.8. The Kier molecular flexibility index (Phi) is 10.2. The highest BCUT2D eigenvalue weighted by Gasteiger charge is 2.37. The number of aliphatic hydroxyl groups is 4. The van der Waals surface area contributed by atoms with E-state index in [0.717, 1.165) is 38.5 Å². The van der Waals surface area contributed by atoms with Gasteiger partial charge in [-0.2, -0.15) is 0 Å². The minimum absolute atomic E-state index is 0.112. The van der Waals surface area contributed by atoms with Crippen molar-refractivity contribution in [2.24, 2.45) is 0 Å². The Bertz CT molecular complexity index is 252. The van der Waals surface area contributed by atoms with Gasteiger partial charge in [-0.3, -0.25) is 0 Å². The molecule has 4 atom stereocenters. The molecule has 6 nitrogen and oxygen atoms in total. The number of unbranched alkanes of at least 4 members (excludes halogenated alkanes) is 6. The molecule has 0 aliphatic carbocycles. The molecule has 0 bridgehead atoms. The van der Waals surface area contributed by atoms with E-state index >= 15 is 0 Å². The SMILES string of the molecule is OCCCCCCCCCO[C@H]1[C@H](O)[C@@H](O)CN[C@@H]1CO. The zero-order chi connectivity index (χ0) is 15.5. The molecule has 1 aliphatic rings. The van der Waals surface area contributed by atoms with Crippen molar-refractivity contribution in [2.75, 3.05) is 26.4 Å². The number of β-amino-alcohol motifs (C(OH)–C–C–N with tert-alkyl or cyclic N) is 1. The Morgan fingerprint density at radius 2 is 1.52 bits per heavy atom. The predicted octanol–water partition coefficient (Wildman–Crippen LogP) is -0.219. The summed E-state index contributed by atoms with van der Waals surface area (Å²) < 4.78 is 5.65. The molecule has 21 heavy (non-hydrogen) atoms. The number of ether oxygens (including phenoxy) is 1. The Morgan fingerprint density at radius 3 is 2.14 bits per heavy atom. The van der Waals surface area contributed by atoms with Crippen LogP contribution >= 0.6 is 0 Å². The van der Waals surface area contributed by atoms with Crippen molar-refractivity contribution in [3.05, 3.63) is 0 Å². The highest BCUT2D eigenvalue weighted by molar-refractivity contribution is 4.92. The molecule has 1 saturated heterocycles. The fourth-order valence-corrected chi connectivity index (χ4v) is 2.67. The molecule has 1 rings (SSSR count). The summed E-state index contributed by atoms with van der Waals surface area (Å²) in [4.78, 5) is 0. The van der Waals surface area contributed by atoms with E-state index < -0.39 is 18.3 Å². The Balaban J connectivity index is 2.07. The van der Waals surface area contributed by atoms with E-state index in [1.807, 2.05) is 0 Å². The Morgan fingerprint density at radius 1 is 0.905 bits per heavy atom. The molecule has 0 unspecified atom stereocenters. The predicted molar refractivity (Wildman–Crippen MR) is 80.0 cm³/mol. The summed E-state index contributed by atoms with van der Waals surface area (Å²) in [6.07, 6.45) is 5.10. The van der Waals surface area contributed by atoms with Crippen molar-refractivity contribution in [3.63, 3.8) is 0 Å². The number of rotatable bonds is 11. The van der Waals surface area contributed by atoms with Gasteiger partial charge in [0, 0.05) is 19.8 Å². The standard InChI is InChI=1S/C15H31NO5/c17-8-6-4-2-1-3-5-7-9-21-15-12(11-18)16-10-13(19)14(15)20/h12-20H,1-11H2/t12-,13+,14-,15-/m1/s1. The fourth-order valence-electron chi connectivity index (χ4n) is 2.67. The van der Waals surface area contributed by atoms with E-state index in [-0.39, 0.29) is 25.8 Å². The van der Waals surface area contributed by atoms with Crippen LogP contribution in [0.1, 0.15) is 44.9 Å². The molecule has 1 aliphatic heterocycles. The third-order valence-electron chi connectivity index (χ3n) is 4.03. The molecule has 0 aromatic rings. The molecule has 0 aromatic heterocycles. The third-order valence-corrected chi connectivity index (χ3v) is 4.03. The van der Waals surface area contributed by atoms with Crippen LogP contribution in [0.3, 0.4) is 0 Å². The lowest BCUT2D eigenvalue weighted by Gasteiger charge is -2.38. The Labute approximate surface area is 127 Å². The van der Waals surface area contributed by atoms with Crippen LogP contribution in [0.25, 0.3) is 0 Å². The largest absolute Gasteiger partial charge is 0.396 e. The van der Waals surface area contributed by atoms with Gasteiger partial charge in [0.2, 0.25) is 0 Å². The molecular formula is C15H31NO5. The van der Waals surface area contributed by atoms with Crippen LogP contribution in [0.5, 0.6) is 0 Å². The van der Waals surface area contributed by atoms with Crippen molar-refractivity contribution in [3.8, 4) is 0 Å². The lowest BCUT2D eigenvalue weighted by molar-refractivity contribution is -0.129. The molecule has 1 heterocycles. The maximum absolute atomic E-state index is 9.92. The molecular weight excluding hydrogens is 274 g/mol. The van der Waals surface area contributed by atoms with Gasteiger partial charge in [-0.1, -0.05) is 32.1 Å². The fraction of sp³-hybridized carbons (Fsp3) is 1.00. The van der Waals surface area contributed by atoms with E-state index in [2.05, 4.69) is 5.32 Å². The summed E-state index contributed by atoms with van der Waals surface area (Å²) in [7, 11) is 0. The van der Waals surface area contributed by atoms with Gasteiger partial charge in [0.15, 0.2) is 0 Å². The summed E-state index contributed by atoms with van der Waals surface area (Å²) >= 11 is 0. The second-order valence-corrected chi connectivity index (χ2v) is 5.79. The van der Waals surface area contributed by atoms with Crippen molar-refractivity contribution >= 4 is 0 Å². The summed E-state index contributed by atoms with van der Waals surface area (Å²) in [6, 6.07) is -0.318. The second-order valence-electron chi connectivity index (χ2n) is 5.79. The van der Waals surface area contributed by atoms with Gasteiger partial charge in [-0.25, -0.2) is 0 Å². The molecule has 0 aromatic carbocycles. The average Bonchev–Trinajstić information content (AvgIpc) is 2.49. The summed E-state index contributed by atoms with van der Waals surface area (Å²) in [6.45, 7) is 0.978. The van der Waals surface area contributed by atoms with Gasteiger partial charge < -0.3 is 30.5 Å². The molecule has 126 valence electrons. The normalized spacial score (nSPS) is 29.7. The summed E-state index contributed by atoms with van der Waals surface area (Å²) in [5.74, 6) is 0. The maximum atomic E-state index is 9.92. The van der Waals surface area contributed by atoms with E-state index in [1.165, 1.54) is 6.42 Å². The van der Waals surface area contributed by atoms with Crippen LogP contribution in [0.2, 0.25) is 0 Å². The maximum Gasteiger partial charge on any atom is 0.109 e. The lowest BCUT2D eigenvalue weighted by atomic mass is 9.96. The molecule has 0 saturated carbocycles. The summed E-state index contributed by atoms with van der Waals surface area (Å²) in [5.41, 5.74) is 0. The highest BCUT2D eigenvalue weighted by Crippen LogP contribution is 2.15. The molecule has 0 spiro atoms. The van der Waals surface area contributed by atoms with Crippen molar-refractivity contribution < 1.29 is 25.2 Å². The quantitative estimate of drug-likeness (QED) is 0.338. The first-order chi connectivity index (χ1) is 10.2. The van der Waals surface area contributed by atoms with Crippen LogP contribution in [-0.2, 0) is 4.74 Å². The topological polar surface area (TPSA) is 102 Å². The minimum atomic E-state index is -0.943. The molecule has 0 amide bonds. The van der Waals surface area contributed by atoms with E-state index in [1.54, 1.807) is 0 Å². The lowest BCUT2D eigenvalue weighted by Crippen LogP contribution is -2.61. The van der Waals surface area contributed by atoms with E-state index in [4.69, 9.17) is 9.84 Å². The molecule has 0 radical (unpaired) electrons. The first kappa shape index (κ1) is 18.8. The van der Waals surface area contributed by atoms with E-state index in [9.17, 15) is 15.3 Å². The van der Waals surface area contributed by atoms with Crippen molar-refractivity contribution in [2.45, 2.75) is 69.3 Å². The van der Waals surface area contributed by atoms with Gasteiger partial charge in [0.25, 0.3) is 0 Å². The van der Waals surface area contributed by atoms with Crippen molar-refractivity contribution in [1.82, 2.24) is 5.32 Å². The van der Waals surface area contributed by atoms with Crippen LogP contribution in [0, 0.1) is 0 Å². The van der Waals surface area contributed by atoms with Crippen LogP contribution < -0.4 is 5.32 Å². The molecule has 5 N–H and O–H groups in total. The monoisotopic (exact) mass is 305 g/mol. The van der Waals surface area contributed by atoms with Crippen LogP contribution in [0.4, 0.5) is 0 Å². The first-order valence-corrected chi connectivity index (χ1v) is 8.13. The van der Waals surface area contributed by atoms with Gasteiger partial charge in [0.05, 0.1) is 18.8 Å². The number of hydrogen-bond acceptors (Lipinski definition) is 6. The van der Waals surface area contributed by atoms with Gasteiger partial charge in [-0.15, -0.1) is 0 Å². The van der Waals surface area contributed by atoms with Gasteiger partial charge in [-0.05, 0) is 12.8 Å².